The molecule has 158 valence electrons. The van der Waals surface area contributed by atoms with Gasteiger partial charge in [0, 0.05) is 41.4 Å². The molecule has 3 aromatic heterocycles. The lowest BCUT2D eigenvalue weighted by molar-refractivity contribution is 0.138. The van der Waals surface area contributed by atoms with Gasteiger partial charge in [0.2, 0.25) is 0 Å². The molecule has 5 aromatic rings. The number of aliphatic hydroxyl groups excluding tert-OH is 1. The minimum Gasteiger partial charge on any atom is -0.396 e. The van der Waals surface area contributed by atoms with Crippen molar-refractivity contribution in [2.24, 2.45) is 5.92 Å². The molecule has 0 atom stereocenters. The molecule has 5 heteroatoms. The van der Waals surface area contributed by atoms with Gasteiger partial charge in [-0.25, -0.2) is 9.97 Å². The minimum absolute atomic E-state index is 0.257. The highest BCUT2D eigenvalue weighted by Crippen LogP contribution is 2.42. The highest BCUT2D eigenvalue weighted by Gasteiger charge is 2.33. The Balaban J connectivity index is 1.49. The predicted octanol–water partition coefficient (Wildman–Crippen LogP) is 5.41. The summed E-state index contributed by atoms with van der Waals surface area (Å²) < 4.78 is 2.19. The summed E-state index contributed by atoms with van der Waals surface area (Å²) in [6, 6.07) is 20.8. The number of hydrogen-bond donors (Lipinski definition) is 1. The average molecular weight is 421 g/mol. The second-order valence-corrected chi connectivity index (χ2v) is 8.74. The first kappa shape index (κ1) is 19.1. The van der Waals surface area contributed by atoms with Crippen LogP contribution in [0.5, 0.6) is 0 Å². The highest BCUT2D eigenvalue weighted by atomic mass is 16.3. The van der Waals surface area contributed by atoms with E-state index < -0.39 is 0 Å². The van der Waals surface area contributed by atoms with Gasteiger partial charge < -0.3 is 5.11 Å². The quantitative estimate of drug-likeness (QED) is 0.422. The number of nitrogens with zero attached hydrogens (tertiary/aromatic N) is 4. The number of pyridine rings is 1. The Labute approximate surface area is 186 Å². The van der Waals surface area contributed by atoms with Crippen LogP contribution in [0.3, 0.4) is 0 Å². The van der Waals surface area contributed by atoms with Crippen molar-refractivity contribution in [3.05, 3.63) is 84.6 Å². The van der Waals surface area contributed by atoms with Gasteiger partial charge in [-0.2, -0.15) is 0 Å². The van der Waals surface area contributed by atoms with E-state index in [1.54, 1.807) is 0 Å². The molecule has 1 aliphatic rings. The first-order valence-electron chi connectivity index (χ1n) is 11.1. The number of imidazole rings is 1. The van der Waals surface area contributed by atoms with E-state index in [-0.39, 0.29) is 6.61 Å². The third kappa shape index (κ3) is 3.09. The van der Waals surface area contributed by atoms with Crippen LogP contribution in [0.1, 0.15) is 30.3 Å². The zero-order valence-electron chi connectivity index (χ0n) is 17.9. The van der Waals surface area contributed by atoms with E-state index in [2.05, 4.69) is 51.8 Å². The Kier molecular flexibility index (Phi) is 4.51. The summed E-state index contributed by atoms with van der Waals surface area (Å²) in [7, 11) is 0. The molecule has 6 rings (SSSR count). The molecule has 0 amide bonds. The average Bonchev–Trinajstić information content (AvgIpc) is 3.19. The van der Waals surface area contributed by atoms with Crippen molar-refractivity contribution < 1.29 is 5.11 Å². The monoisotopic (exact) mass is 420 g/mol. The topological polar surface area (TPSA) is 63.3 Å². The maximum atomic E-state index is 9.45. The molecule has 0 aliphatic heterocycles. The van der Waals surface area contributed by atoms with E-state index in [1.165, 1.54) is 0 Å². The molecule has 0 saturated heterocycles. The summed E-state index contributed by atoms with van der Waals surface area (Å²) in [5.41, 5.74) is 7.04. The van der Waals surface area contributed by atoms with Gasteiger partial charge >= 0.3 is 0 Å². The fourth-order valence-corrected chi connectivity index (χ4v) is 4.84. The van der Waals surface area contributed by atoms with Crippen molar-refractivity contribution in [2.45, 2.75) is 25.7 Å². The molecule has 3 heterocycles. The summed E-state index contributed by atoms with van der Waals surface area (Å²) in [6.45, 7) is 2.29. The van der Waals surface area contributed by atoms with Crippen LogP contribution in [-0.2, 0) is 0 Å². The minimum atomic E-state index is 0.257. The summed E-state index contributed by atoms with van der Waals surface area (Å²) in [4.78, 5) is 14.6. The highest BCUT2D eigenvalue weighted by molar-refractivity contribution is 5.89. The fourth-order valence-electron chi connectivity index (χ4n) is 4.84. The van der Waals surface area contributed by atoms with Crippen LogP contribution in [-0.4, -0.2) is 31.1 Å². The van der Waals surface area contributed by atoms with Crippen LogP contribution in [0.15, 0.2) is 73.1 Å². The molecule has 1 aliphatic carbocycles. The molecule has 1 fully saturated rings. The van der Waals surface area contributed by atoms with E-state index >= 15 is 0 Å². The van der Waals surface area contributed by atoms with Crippen LogP contribution in [0.25, 0.3) is 38.9 Å². The Hall–Kier alpha value is -3.57. The summed E-state index contributed by atoms with van der Waals surface area (Å²) in [6.07, 6.45) is 5.81. The van der Waals surface area contributed by atoms with Gasteiger partial charge in [-0.05, 0) is 37.8 Å². The SMILES string of the molecule is Cc1nccn2c(C3CC(CO)C3)nc(-c3ccc4ccc(-c5ccccc5)nc4c3)c12. The second kappa shape index (κ2) is 7.53. The lowest BCUT2D eigenvalue weighted by atomic mass is 9.75. The maximum absolute atomic E-state index is 9.45. The van der Waals surface area contributed by atoms with Gasteiger partial charge in [-0.1, -0.05) is 48.5 Å². The first-order valence-corrected chi connectivity index (χ1v) is 11.1. The van der Waals surface area contributed by atoms with Crippen molar-refractivity contribution in [2.75, 3.05) is 6.61 Å². The van der Waals surface area contributed by atoms with Crippen LogP contribution < -0.4 is 0 Å². The van der Waals surface area contributed by atoms with Gasteiger partial charge in [-0.15, -0.1) is 0 Å². The Morgan fingerprint density at radius 2 is 1.78 bits per heavy atom. The third-order valence-electron chi connectivity index (χ3n) is 6.66. The number of aryl methyl sites for hydroxylation is 1. The zero-order valence-corrected chi connectivity index (χ0v) is 17.9. The summed E-state index contributed by atoms with van der Waals surface area (Å²) >= 11 is 0. The number of aromatic nitrogens is 4. The van der Waals surface area contributed by atoms with Gasteiger partial charge in [0.25, 0.3) is 0 Å². The standard InChI is InChI=1S/C27H24N4O/c1-17-26-25(30-27(31(26)12-11-28-17)22-13-18(14-22)16-32)21-8-7-20-9-10-23(29-24(20)15-21)19-5-3-2-4-6-19/h2-12,15,18,22,32H,13-14,16H2,1H3. The van der Waals surface area contributed by atoms with Gasteiger partial charge in [0.05, 0.1) is 28.1 Å². The molecule has 0 radical (unpaired) electrons. The van der Waals surface area contributed by atoms with Gasteiger partial charge in [-0.3, -0.25) is 9.38 Å². The summed E-state index contributed by atoms with van der Waals surface area (Å²) in [5, 5.41) is 10.6. The van der Waals surface area contributed by atoms with Crippen LogP contribution in [0.4, 0.5) is 0 Å². The largest absolute Gasteiger partial charge is 0.396 e. The molecule has 2 aromatic carbocycles. The Bertz CT molecular complexity index is 1430. The van der Waals surface area contributed by atoms with E-state index in [0.717, 1.165) is 63.3 Å². The molecule has 1 saturated carbocycles. The van der Waals surface area contributed by atoms with Crippen LogP contribution >= 0.6 is 0 Å². The van der Waals surface area contributed by atoms with E-state index in [9.17, 15) is 5.11 Å². The number of fused-ring (bicyclic) bond motifs is 2. The van der Waals surface area contributed by atoms with Crippen molar-refractivity contribution in [1.82, 2.24) is 19.4 Å². The number of hydrogen-bond acceptors (Lipinski definition) is 4. The molecule has 0 bridgehead atoms. The lowest BCUT2D eigenvalue weighted by Crippen LogP contribution is -2.26. The van der Waals surface area contributed by atoms with E-state index in [0.29, 0.717) is 11.8 Å². The summed E-state index contributed by atoms with van der Waals surface area (Å²) in [5.74, 6) is 1.83. The number of aliphatic hydroxyl groups is 1. The smallest absolute Gasteiger partial charge is 0.117 e. The number of benzene rings is 2. The third-order valence-corrected chi connectivity index (χ3v) is 6.66. The van der Waals surface area contributed by atoms with E-state index in [1.807, 2.05) is 37.5 Å². The van der Waals surface area contributed by atoms with Crippen LogP contribution in [0.2, 0.25) is 0 Å². The molecule has 0 unspecified atom stereocenters. The second-order valence-electron chi connectivity index (χ2n) is 8.74. The van der Waals surface area contributed by atoms with Crippen LogP contribution in [0, 0.1) is 12.8 Å². The van der Waals surface area contributed by atoms with Gasteiger partial charge in [0.1, 0.15) is 5.82 Å². The Morgan fingerprint density at radius 3 is 2.59 bits per heavy atom. The predicted molar refractivity (Wildman–Crippen MR) is 126 cm³/mol. The fraction of sp³-hybridized carbons (Fsp3) is 0.222. The molecule has 0 spiro atoms. The molecular weight excluding hydrogens is 396 g/mol. The van der Waals surface area contributed by atoms with Crippen molar-refractivity contribution in [1.29, 1.82) is 0 Å². The van der Waals surface area contributed by atoms with Gasteiger partial charge in [0.15, 0.2) is 0 Å². The lowest BCUT2D eigenvalue weighted by Gasteiger charge is -2.33. The molecule has 5 nitrogen and oxygen atoms in total. The van der Waals surface area contributed by atoms with Crippen molar-refractivity contribution in [3.8, 4) is 22.5 Å². The van der Waals surface area contributed by atoms with Crippen molar-refractivity contribution in [3.63, 3.8) is 0 Å². The normalized spacial score (nSPS) is 18.2. The first-order chi connectivity index (χ1) is 15.7. The Morgan fingerprint density at radius 1 is 0.969 bits per heavy atom. The van der Waals surface area contributed by atoms with Crippen molar-refractivity contribution >= 4 is 16.4 Å². The number of rotatable bonds is 4. The molecule has 32 heavy (non-hydrogen) atoms. The molecular formula is C27H24N4O. The zero-order chi connectivity index (χ0) is 21.7. The molecule has 1 N–H and O–H groups in total. The van der Waals surface area contributed by atoms with E-state index in [4.69, 9.17) is 9.97 Å². The maximum Gasteiger partial charge on any atom is 0.117 e.